The van der Waals surface area contributed by atoms with Crippen LogP contribution in [0.2, 0.25) is 0 Å². The van der Waals surface area contributed by atoms with Gasteiger partial charge in [0.25, 0.3) is 0 Å². The van der Waals surface area contributed by atoms with Crippen LogP contribution < -0.4 is 5.32 Å². The molecule has 0 aromatic heterocycles. The monoisotopic (exact) mass is 340 g/mol. The van der Waals surface area contributed by atoms with E-state index in [9.17, 15) is 9.59 Å². The van der Waals surface area contributed by atoms with Gasteiger partial charge in [0, 0.05) is 6.20 Å². The van der Waals surface area contributed by atoms with Gasteiger partial charge in [0.1, 0.15) is 0 Å². The van der Waals surface area contributed by atoms with Crippen molar-refractivity contribution in [3.63, 3.8) is 0 Å². The molecule has 130 valence electrons. The highest BCUT2D eigenvalue weighted by Gasteiger charge is 2.21. The van der Waals surface area contributed by atoms with Crippen LogP contribution in [0.3, 0.4) is 0 Å². The van der Waals surface area contributed by atoms with E-state index in [4.69, 9.17) is 4.74 Å². The maximum Gasteiger partial charge on any atom is 0.339 e. The minimum Gasteiger partial charge on any atom is -0.462 e. The minimum atomic E-state index is -0.404. The average Bonchev–Trinajstić information content (AvgIpc) is 2.54. The van der Waals surface area contributed by atoms with E-state index in [0.717, 1.165) is 49.3 Å². The number of hydrogen-bond acceptors (Lipinski definition) is 5. The molecule has 0 saturated carbocycles. The molecule has 1 aliphatic carbocycles. The first kappa shape index (κ1) is 19.8. The van der Waals surface area contributed by atoms with Crippen molar-refractivity contribution in [1.29, 1.82) is 0 Å². The third-order valence-corrected chi connectivity index (χ3v) is 4.39. The smallest absolute Gasteiger partial charge is 0.339 e. The Bertz CT molecular complexity index is 482. The van der Waals surface area contributed by atoms with Crippen molar-refractivity contribution in [1.82, 2.24) is 10.2 Å². The fraction of sp³-hybridized carbons (Fsp3) is 0.647. The van der Waals surface area contributed by atoms with Crippen molar-refractivity contribution in [3.05, 3.63) is 22.3 Å². The molecule has 0 heterocycles. The molecule has 0 aliphatic heterocycles. The number of thiol groups is 1. The fourth-order valence-electron chi connectivity index (χ4n) is 2.51. The number of carbonyl (C=O) groups excluding carboxylic acids is 2. The lowest BCUT2D eigenvalue weighted by Crippen LogP contribution is -2.35. The van der Waals surface area contributed by atoms with E-state index in [2.05, 4.69) is 17.9 Å². The number of likely N-dealkylation sites (N-methyl/N-ethyl adjacent to an activating group) is 1. The summed E-state index contributed by atoms with van der Waals surface area (Å²) in [5.41, 5.74) is 1.31. The molecule has 1 amide bonds. The largest absolute Gasteiger partial charge is 0.462 e. The van der Waals surface area contributed by atoms with Gasteiger partial charge in [0.05, 0.1) is 18.7 Å². The Balaban J connectivity index is 2.87. The Morgan fingerprint density at radius 2 is 1.87 bits per heavy atom. The molecular weight excluding hydrogens is 312 g/mol. The first-order valence-corrected chi connectivity index (χ1v) is 8.78. The summed E-state index contributed by atoms with van der Waals surface area (Å²) in [6.45, 7) is 8.03. The van der Waals surface area contributed by atoms with E-state index in [1.165, 1.54) is 6.20 Å². The molecule has 0 atom stereocenters. The van der Waals surface area contributed by atoms with Crippen LogP contribution in [0.15, 0.2) is 22.3 Å². The molecule has 1 N–H and O–H groups in total. The van der Waals surface area contributed by atoms with Gasteiger partial charge in [-0.3, -0.25) is 9.69 Å². The zero-order chi connectivity index (χ0) is 17.2. The molecule has 0 radical (unpaired) electrons. The van der Waals surface area contributed by atoms with Crippen LogP contribution in [-0.2, 0) is 14.3 Å². The van der Waals surface area contributed by atoms with Gasteiger partial charge in [-0.25, -0.2) is 4.79 Å². The van der Waals surface area contributed by atoms with E-state index in [1.54, 1.807) is 6.92 Å². The quantitative estimate of drug-likeness (QED) is 0.405. The number of rotatable bonds is 8. The number of esters is 1. The van der Waals surface area contributed by atoms with Crippen LogP contribution in [0.5, 0.6) is 0 Å². The average molecular weight is 340 g/mol. The van der Waals surface area contributed by atoms with Gasteiger partial charge in [-0.2, -0.15) is 0 Å². The fourth-order valence-corrected chi connectivity index (χ4v) is 2.90. The summed E-state index contributed by atoms with van der Waals surface area (Å²) >= 11 is 4.50. The molecule has 23 heavy (non-hydrogen) atoms. The molecule has 1 aliphatic rings. The summed E-state index contributed by atoms with van der Waals surface area (Å²) in [6.07, 6.45) is 5.23. The zero-order valence-electron chi connectivity index (χ0n) is 14.4. The second-order valence-electron chi connectivity index (χ2n) is 5.44. The predicted octanol–water partition coefficient (Wildman–Crippen LogP) is 2.65. The number of hydrogen-bond donors (Lipinski definition) is 2. The number of nitrogens with one attached hydrogen (secondary N) is 1. The number of nitrogens with zero attached hydrogens (tertiary/aromatic N) is 1. The van der Waals surface area contributed by atoms with Crippen LogP contribution in [-0.4, -0.2) is 43.0 Å². The van der Waals surface area contributed by atoms with Crippen LogP contribution in [0, 0.1) is 0 Å². The first-order chi connectivity index (χ1) is 11.0. The van der Waals surface area contributed by atoms with Crippen LogP contribution in [0.25, 0.3) is 0 Å². The van der Waals surface area contributed by atoms with Gasteiger partial charge in [-0.05, 0) is 56.2 Å². The molecule has 0 saturated heterocycles. The van der Waals surface area contributed by atoms with E-state index in [-0.39, 0.29) is 5.91 Å². The second-order valence-corrected chi connectivity index (χ2v) is 5.98. The molecule has 0 aromatic carbocycles. The highest BCUT2D eigenvalue weighted by molar-refractivity contribution is 7.84. The lowest BCUT2D eigenvalue weighted by Gasteiger charge is -2.19. The summed E-state index contributed by atoms with van der Waals surface area (Å²) in [5, 5.41) is 2.73. The number of carbonyl (C=O) groups is 2. The summed E-state index contributed by atoms with van der Waals surface area (Å²) in [5.74, 6) is -0.535. The van der Waals surface area contributed by atoms with Crippen LogP contribution in [0.1, 0.15) is 46.5 Å². The zero-order valence-corrected chi connectivity index (χ0v) is 15.2. The predicted molar refractivity (Wildman–Crippen MR) is 95.1 cm³/mol. The van der Waals surface area contributed by atoms with E-state index in [1.807, 2.05) is 18.7 Å². The molecular formula is C17H28N2O3S. The lowest BCUT2D eigenvalue weighted by atomic mass is 9.93. The normalized spacial score (nSPS) is 15.8. The summed E-state index contributed by atoms with van der Waals surface area (Å²) in [7, 11) is 0. The van der Waals surface area contributed by atoms with Crippen molar-refractivity contribution in [3.8, 4) is 0 Å². The number of amides is 1. The maximum absolute atomic E-state index is 12.2. The third-order valence-electron chi connectivity index (χ3n) is 3.90. The topological polar surface area (TPSA) is 58.6 Å². The van der Waals surface area contributed by atoms with Gasteiger partial charge < -0.3 is 10.1 Å². The van der Waals surface area contributed by atoms with Gasteiger partial charge in [0.15, 0.2) is 0 Å². The van der Waals surface area contributed by atoms with Gasteiger partial charge in [0.2, 0.25) is 5.91 Å². The Morgan fingerprint density at radius 1 is 1.22 bits per heavy atom. The van der Waals surface area contributed by atoms with Crippen molar-refractivity contribution < 1.29 is 14.3 Å². The summed E-state index contributed by atoms with van der Waals surface area (Å²) in [4.78, 5) is 27.2. The summed E-state index contributed by atoms with van der Waals surface area (Å²) < 4.78 is 5.12. The van der Waals surface area contributed by atoms with E-state index < -0.39 is 5.97 Å². The minimum absolute atomic E-state index is 0.132. The third kappa shape index (κ3) is 6.39. The Labute approximate surface area is 144 Å². The van der Waals surface area contributed by atoms with Crippen LogP contribution >= 0.6 is 12.6 Å². The van der Waals surface area contributed by atoms with Crippen molar-refractivity contribution in [2.75, 3.05) is 26.2 Å². The van der Waals surface area contributed by atoms with Crippen molar-refractivity contribution in [2.24, 2.45) is 0 Å². The SMILES string of the molecule is CCOC(=O)/C(=C\NC(=O)CN(CC)CC)C1=C(S)CCCC1. The van der Waals surface area contributed by atoms with Crippen molar-refractivity contribution in [2.45, 2.75) is 46.5 Å². The first-order valence-electron chi connectivity index (χ1n) is 8.33. The molecule has 0 unspecified atom stereocenters. The highest BCUT2D eigenvalue weighted by atomic mass is 32.1. The van der Waals surface area contributed by atoms with E-state index >= 15 is 0 Å². The molecule has 0 spiro atoms. The van der Waals surface area contributed by atoms with Gasteiger partial charge >= 0.3 is 5.97 Å². The van der Waals surface area contributed by atoms with Gasteiger partial charge in [-0.15, -0.1) is 12.6 Å². The molecule has 0 fully saturated rings. The Kier molecular flexibility index (Phi) is 9.02. The highest BCUT2D eigenvalue weighted by Crippen LogP contribution is 2.32. The summed E-state index contributed by atoms with van der Waals surface area (Å²) in [6, 6.07) is 0. The lowest BCUT2D eigenvalue weighted by molar-refractivity contribution is -0.138. The molecule has 0 bridgehead atoms. The Hall–Kier alpha value is -1.27. The Morgan fingerprint density at radius 3 is 2.43 bits per heavy atom. The maximum atomic E-state index is 12.2. The molecule has 0 aromatic rings. The molecule has 6 heteroatoms. The number of ether oxygens (including phenoxy) is 1. The second kappa shape index (κ2) is 10.5. The van der Waals surface area contributed by atoms with E-state index in [0.29, 0.717) is 18.7 Å². The molecule has 1 rings (SSSR count). The standard InChI is InChI=1S/C17H28N2O3S/c1-4-19(5-2)12-16(20)18-11-14(17(21)22-6-3)13-9-7-8-10-15(13)23/h11,23H,4-10,12H2,1-3H3,(H,18,20)/b14-11-. The number of allylic oxidation sites excluding steroid dienone is 1. The van der Waals surface area contributed by atoms with Crippen LogP contribution in [0.4, 0.5) is 0 Å². The van der Waals surface area contributed by atoms with Crippen molar-refractivity contribution >= 4 is 24.5 Å². The molecule has 5 nitrogen and oxygen atoms in total. The van der Waals surface area contributed by atoms with Gasteiger partial charge in [-0.1, -0.05) is 13.8 Å².